The fraction of sp³-hybridized carbons (Fsp3) is 0.889. The third-order valence-electron chi connectivity index (χ3n) is 1.66. The molecule has 84 valence electrons. The van der Waals surface area contributed by atoms with Gasteiger partial charge in [-0.3, -0.25) is 0 Å². The topological polar surface area (TPSA) is 36.5 Å². The largest absolute Gasteiger partial charge is 0.383 e. The van der Waals surface area contributed by atoms with Crippen LogP contribution in [-0.2, 0) is 4.74 Å². The van der Waals surface area contributed by atoms with Crippen LogP contribution in [0.5, 0.6) is 0 Å². The van der Waals surface area contributed by atoms with Crippen LogP contribution in [0.4, 0.5) is 0 Å². The summed E-state index contributed by atoms with van der Waals surface area (Å²) in [6, 6.07) is 0. The van der Waals surface area contributed by atoms with Gasteiger partial charge >= 0.3 is 0 Å². The zero-order chi connectivity index (χ0) is 10.8. The molecule has 0 aliphatic rings. The molecule has 0 amide bonds. The SMILES string of the molecule is COCCNC(=S)NCCCN(C)C. The van der Waals surface area contributed by atoms with Crippen LogP contribution in [0.15, 0.2) is 0 Å². The van der Waals surface area contributed by atoms with Crippen molar-refractivity contribution in [1.29, 1.82) is 0 Å². The van der Waals surface area contributed by atoms with E-state index in [1.807, 2.05) is 0 Å². The highest BCUT2D eigenvalue weighted by Gasteiger charge is 1.94. The maximum absolute atomic E-state index is 5.06. The van der Waals surface area contributed by atoms with Gasteiger partial charge in [-0.1, -0.05) is 0 Å². The molecule has 0 aromatic rings. The lowest BCUT2D eigenvalue weighted by molar-refractivity contribution is 0.204. The smallest absolute Gasteiger partial charge is 0.166 e. The molecular formula is C9H21N3OS. The quantitative estimate of drug-likeness (QED) is 0.467. The summed E-state index contributed by atoms with van der Waals surface area (Å²) in [5.41, 5.74) is 0. The van der Waals surface area contributed by atoms with Crippen molar-refractivity contribution < 1.29 is 4.74 Å². The van der Waals surface area contributed by atoms with E-state index in [1.165, 1.54) is 0 Å². The fourth-order valence-corrected chi connectivity index (χ4v) is 1.13. The van der Waals surface area contributed by atoms with E-state index in [1.54, 1.807) is 7.11 Å². The van der Waals surface area contributed by atoms with Crippen LogP contribution in [0, 0.1) is 0 Å². The third kappa shape index (κ3) is 9.70. The van der Waals surface area contributed by atoms with E-state index in [9.17, 15) is 0 Å². The number of thiocarbonyl (C=S) groups is 1. The van der Waals surface area contributed by atoms with Gasteiger partial charge < -0.3 is 20.3 Å². The lowest BCUT2D eigenvalue weighted by atomic mass is 10.4. The molecule has 0 spiro atoms. The van der Waals surface area contributed by atoms with E-state index in [-0.39, 0.29) is 0 Å². The van der Waals surface area contributed by atoms with Gasteiger partial charge in [-0.25, -0.2) is 0 Å². The number of nitrogens with one attached hydrogen (secondary N) is 2. The van der Waals surface area contributed by atoms with Crippen LogP contribution in [0.25, 0.3) is 0 Å². The van der Waals surface area contributed by atoms with E-state index >= 15 is 0 Å². The van der Waals surface area contributed by atoms with Gasteiger partial charge in [0.15, 0.2) is 5.11 Å². The molecule has 0 saturated heterocycles. The molecule has 4 nitrogen and oxygen atoms in total. The zero-order valence-corrected chi connectivity index (χ0v) is 10.1. The minimum atomic E-state index is 0.680. The van der Waals surface area contributed by atoms with Gasteiger partial charge in [0, 0.05) is 20.2 Å². The second-order valence-electron chi connectivity index (χ2n) is 3.33. The average molecular weight is 219 g/mol. The zero-order valence-electron chi connectivity index (χ0n) is 9.30. The van der Waals surface area contributed by atoms with Crippen LogP contribution >= 0.6 is 12.2 Å². The van der Waals surface area contributed by atoms with Crippen LogP contribution in [0.1, 0.15) is 6.42 Å². The van der Waals surface area contributed by atoms with Crippen molar-refractivity contribution in [1.82, 2.24) is 15.5 Å². The molecule has 0 saturated carbocycles. The van der Waals surface area contributed by atoms with Gasteiger partial charge in [0.1, 0.15) is 0 Å². The molecular weight excluding hydrogens is 198 g/mol. The Morgan fingerprint density at radius 1 is 1.29 bits per heavy atom. The Balaban J connectivity index is 3.18. The van der Waals surface area contributed by atoms with Gasteiger partial charge in [0.25, 0.3) is 0 Å². The predicted molar refractivity (Wildman–Crippen MR) is 63.7 cm³/mol. The first kappa shape index (κ1) is 13.6. The molecule has 0 heterocycles. The Bertz CT molecular complexity index is 153. The molecule has 0 fully saturated rings. The third-order valence-corrected chi connectivity index (χ3v) is 1.95. The first-order valence-corrected chi connectivity index (χ1v) is 5.23. The number of nitrogens with zero attached hydrogens (tertiary/aromatic N) is 1. The maximum atomic E-state index is 5.06. The van der Waals surface area contributed by atoms with Crippen molar-refractivity contribution in [2.45, 2.75) is 6.42 Å². The highest BCUT2D eigenvalue weighted by Crippen LogP contribution is 1.80. The number of ether oxygens (including phenoxy) is 1. The van der Waals surface area contributed by atoms with E-state index < -0.39 is 0 Å². The Kier molecular flexibility index (Phi) is 8.92. The van der Waals surface area contributed by atoms with Crippen LogP contribution in [0.3, 0.4) is 0 Å². The molecule has 0 aliphatic heterocycles. The molecule has 0 bridgehead atoms. The number of rotatable bonds is 7. The Hall–Kier alpha value is -0.390. The van der Waals surface area contributed by atoms with Crippen molar-refractivity contribution in [2.24, 2.45) is 0 Å². The minimum absolute atomic E-state index is 0.680. The highest BCUT2D eigenvalue weighted by atomic mass is 32.1. The summed E-state index contributed by atoms with van der Waals surface area (Å²) >= 11 is 5.06. The van der Waals surface area contributed by atoms with Crippen molar-refractivity contribution in [2.75, 3.05) is 47.4 Å². The minimum Gasteiger partial charge on any atom is -0.383 e. The van der Waals surface area contributed by atoms with E-state index in [0.717, 1.165) is 26.1 Å². The Labute approximate surface area is 92.0 Å². The summed E-state index contributed by atoms with van der Waals surface area (Å²) in [5, 5.41) is 6.90. The first-order chi connectivity index (χ1) is 6.66. The van der Waals surface area contributed by atoms with E-state index in [2.05, 4.69) is 29.6 Å². The molecule has 2 N–H and O–H groups in total. The fourth-order valence-electron chi connectivity index (χ4n) is 0.926. The lowest BCUT2D eigenvalue weighted by Crippen LogP contribution is -2.38. The standard InChI is InChI=1S/C9H21N3OS/c1-12(2)7-4-5-10-9(14)11-6-8-13-3/h4-8H2,1-3H3,(H2,10,11,14). The summed E-state index contributed by atoms with van der Waals surface area (Å²) in [4.78, 5) is 2.16. The Morgan fingerprint density at radius 3 is 2.50 bits per heavy atom. The second-order valence-corrected chi connectivity index (χ2v) is 3.74. The molecule has 0 unspecified atom stereocenters. The normalized spacial score (nSPS) is 10.3. The van der Waals surface area contributed by atoms with Crippen LogP contribution in [0.2, 0.25) is 0 Å². The summed E-state index contributed by atoms with van der Waals surface area (Å²) in [5.74, 6) is 0. The van der Waals surface area contributed by atoms with Crippen molar-refractivity contribution in [3.05, 3.63) is 0 Å². The molecule has 14 heavy (non-hydrogen) atoms. The monoisotopic (exact) mass is 219 g/mol. The van der Waals surface area contributed by atoms with Gasteiger partial charge in [-0.15, -0.1) is 0 Å². The van der Waals surface area contributed by atoms with Gasteiger partial charge in [-0.2, -0.15) is 0 Å². The summed E-state index contributed by atoms with van der Waals surface area (Å²) in [6.07, 6.45) is 1.10. The second kappa shape index (κ2) is 9.18. The summed E-state index contributed by atoms with van der Waals surface area (Å²) < 4.78 is 4.89. The van der Waals surface area contributed by atoms with Crippen molar-refractivity contribution in [3.63, 3.8) is 0 Å². The number of hydrogen-bond acceptors (Lipinski definition) is 3. The van der Waals surface area contributed by atoms with E-state index in [0.29, 0.717) is 11.7 Å². The van der Waals surface area contributed by atoms with Crippen LogP contribution < -0.4 is 10.6 Å². The van der Waals surface area contributed by atoms with Crippen molar-refractivity contribution >= 4 is 17.3 Å². The molecule has 0 aliphatic carbocycles. The van der Waals surface area contributed by atoms with Gasteiger partial charge in [-0.05, 0) is 39.3 Å². The maximum Gasteiger partial charge on any atom is 0.166 e. The molecule has 0 atom stereocenters. The molecule has 5 heteroatoms. The van der Waals surface area contributed by atoms with Gasteiger partial charge in [0.2, 0.25) is 0 Å². The van der Waals surface area contributed by atoms with E-state index in [4.69, 9.17) is 17.0 Å². The average Bonchev–Trinajstić information content (AvgIpc) is 2.13. The lowest BCUT2D eigenvalue weighted by Gasteiger charge is -2.12. The van der Waals surface area contributed by atoms with Gasteiger partial charge in [0.05, 0.1) is 6.61 Å². The first-order valence-electron chi connectivity index (χ1n) is 4.82. The van der Waals surface area contributed by atoms with Crippen molar-refractivity contribution in [3.8, 4) is 0 Å². The number of methoxy groups -OCH3 is 1. The van der Waals surface area contributed by atoms with Crippen LogP contribution in [-0.4, -0.2) is 57.5 Å². The molecule has 0 radical (unpaired) electrons. The molecule has 0 aromatic carbocycles. The Morgan fingerprint density at radius 2 is 1.93 bits per heavy atom. The predicted octanol–water partition coefficient (Wildman–Crippen LogP) is 0.0486. The highest BCUT2D eigenvalue weighted by molar-refractivity contribution is 7.80. The molecule has 0 aromatic heterocycles. The summed E-state index contributed by atoms with van der Waals surface area (Å²) in [6.45, 7) is 3.43. The number of hydrogen-bond donors (Lipinski definition) is 2. The summed E-state index contributed by atoms with van der Waals surface area (Å²) in [7, 11) is 5.81. The molecule has 0 rings (SSSR count).